The summed E-state index contributed by atoms with van der Waals surface area (Å²) in [6.07, 6.45) is 7.54. The van der Waals surface area contributed by atoms with Gasteiger partial charge in [-0.15, -0.1) is 0 Å². The SMILES string of the molecule is CCC[C@@H](C(=O)N[C@@H](CC(C)C)C(N)=O)N1CC[C@@H](NC(=O)[C@H](CC2CCCCC2)C(=O)OCC)C1=O. The van der Waals surface area contributed by atoms with Gasteiger partial charge in [0.25, 0.3) is 0 Å². The van der Waals surface area contributed by atoms with Crippen molar-refractivity contribution in [3.05, 3.63) is 0 Å². The maximum absolute atomic E-state index is 13.3. The molecule has 0 spiro atoms. The van der Waals surface area contributed by atoms with Crippen molar-refractivity contribution in [3.8, 4) is 0 Å². The Kier molecular flexibility index (Phi) is 12.3. The van der Waals surface area contributed by atoms with Gasteiger partial charge in [0.1, 0.15) is 24.0 Å². The molecule has 4 N–H and O–H groups in total. The number of rotatable bonds is 14. The van der Waals surface area contributed by atoms with Crippen LogP contribution in [-0.2, 0) is 28.7 Å². The summed E-state index contributed by atoms with van der Waals surface area (Å²) in [5.41, 5.74) is 5.49. The Morgan fingerprint density at radius 1 is 1.05 bits per heavy atom. The maximum atomic E-state index is 13.3. The van der Waals surface area contributed by atoms with Crippen molar-refractivity contribution >= 4 is 29.6 Å². The van der Waals surface area contributed by atoms with Crippen LogP contribution in [0, 0.1) is 17.8 Å². The van der Waals surface area contributed by atoms with Crippen molar-refractivity contribution in [2.24, 2.45) is 23.5 Å². The standard InChI is InChI=1S/C27H46N4O6/c1-5-10-22(25(34)30-21(23(28)32)15-17(3)4)31-14-13-20(26(31)35)29-24(33)19(27(36)37-6-2)16-18-11-8-7-9-12-18/h17-22H,5-16H2,1-4H3,(H2,28,32)(H,29,33)(H,30,34)/t19-,20+,21-,22-/m0/s1. The van der Waals surface area contributed by atoms with Crippen LogP contribution in [0.4, 0.5) is 0 Å². The molecule has 2 fully saturated rings. The topological polar surface area (TPSA) is 148 Å². The van der Waals surface area contributed by atoms with Crippen LogP contribution in [0.3, 0.4) is 0 Å². The predicted molar refractivity (Wildman–Crippen MR) is 139 cm³/mol. The third-order valence-corrected chi connectivity index (χ3v) is 7.35. The minimum atomic E-state index is -0.952. The Morgan fingerprint density at radius 2 is 1.73 bits per heavy atom. The molecule has 2 rings (SSSR count). The molecule has 37 heavy (non-hydrogen) atoms. The van der Waals surface area contributed by atoms with E-state index in [1.807, 2.05) is 20.8 Å². The van der Waals surface area contributed by atoms with Crippen LogP contribution in [0.5, 0.6) is 0 Å². The highest BCUT2D eigenvalue weighted by Gasteiger charge is 2.41. The second kappa shape index (κ2) is 14.9. The van der Waals surface area contributed by atoms with Gasteiger partial charge in [0, 0.05) is 6.54 Å². The van der Waals surface area contributed by atoms with Crippen LogP contribution in [0.2, 0.25) is 0 Å². The summed E-state index contributed by atoms with van der Waals surface area (Å²) in [7, 11) is 0. The average molecular weight is 523 g/mol. The van der Waals surface area contributed by atoms with Crippen molar-refractivity contribution < 1.29 is 28.7 Å². The molecule has 10 heteroatoms. The molecule has 4 atom stereocenters. The van der Waals surface area contributed by atoms with E-state index in [0.29, 0.717) is 38.6 Å². The van der Waals surface area contributed by atoms with Gasteiger partial charge in [0.2, 0.25) is 23.6 Å². The number of esters is 1. The summed E-state index contributed by atoms with van der Waals surface area (Å²) >= 11 is 0. The minimum absolute atomic E-state index is 0.149. The number of nitrogens with two attached hydrogens (primary N) is 1. The highest BCUT2D eigenvalue weighted by atomic mass is 16.5. The molecule has 1 saturated heterocycles. The maximum Gasteiger partial charge on any atom is 0.318 e. The molecule has 4 amide bonds. The molecular formula is C27H46N4O6. The number of amides is 4. The average Bonchev–Trinajstić information content (AvgIpc) is 3.20. The molecule has 10 nitrogen and oxygen atoms in total. The van der Waals surface area contributed by atoms with Crippen molar-refractivity contribution in [2.75, 3.05) is 13.2 Å². The molecule has 2 aliphatic rings. The summed E-state index contributed by atoms with van der Waals surface area (Å²) in [6, 6.07) is -2.40. The van der Waals surface area contributed by atoms with E-state index in [2.05, 4.69) is 10.6 Å². The molecule has 0 aromatic rings. The summed E-state index contributed by atoms with van der Waals surface area (Å²) in [6.45, 7) is 7.95. The Balaban J connectivity index is 2.08. The highest BCUT2D eigenvalue weighted by molar-refractivity contribution is 6.00. The van der Waals surface area contributed by atoms with Crippen molar-refractivity contribution in [2.45, 2.75) is 110 Å². The van der Waals surface area contributed by atoms with E-state index in [4.69, 9.17) is 10.5 Å². The molecule has 1 aliphatic carbocycles. The number of nitrogens with one attached hydrogen (secondary N) is 2. The second-order valence-electron chi connectivity index (χ2n) is 10.8. The number of primary amides is 1. The van der Waals surface area contributed by atoms with E-state index in [0.717, 1.165) is 25.7 Å². The zero-order chi connectivity index (χ0) is 27.5. The van der Waals surface area contributed by atoms with Gasteiger partial charge in [0.15, 0.2) is 0 Å². The normalized spacial score (nSPS) is 20.8. The Bertz CT molecular complexity index is 811. The van der Waals surface area contributed by atoms with Crippen molar-refractivity contribution in [1.82, 2.24) is 15.5 Å². The van der Waals surface area contributed by atoms with E-state index in [1.165, 1.54) is 11.3 Å². The summed E-state index contributed by atoms with van der Waals surface area (Å²) in [5, 5.41) is 5.49. The molecule has 1 heterocycles. The molecule has 0 unspecified atom stereocenters. The molecule has 0 bridgehead atoms. The fourth-order valence-corrected chi connectivity index (χ4v) is 5.41. The molecule has 0 aromatic heterocycles. The van der Waals surface area contributed by atoms with Crippen LogP contribution in [0.1, 0.15) is 91.9 Å². The predicted octanol–water partition coefficient (Wildman–Crippen LogP) is 2.04. The van der Waals surface area contributed by atoms with Crippen LogP contribution < -0.4 is 16.4 Å². The monoisotopic (exact) mass is 522 g/mol. The summed E-state index contributed by atoms with van der Waals surface area (Å²) < 4.78 is 5.18. The number of likely N-dealkylation sites (tertiary alicyclic amines) is 1. The molecule has 0 aromatic carbocycles. The zero-order valence-electron chi connectivity index (χ0n) is 22.9. The van der Waals surface area contributed by atoms with Crippen molar-refractivity contribution in [1.29, 1.82) is 0 Å². The quantitative estimate of drug-likeness (QED) is 0.235. The van der Waals surface area contributed by atoms with E-state index in [1.54, 1.807) is 6.92 Å². The highest BCUT2D eigenvalue weighted by Crippen LogP contribution is 2.30. The Hall–Kier alpha value is -2.65. The number of nitrogens with zero attached hydrogens (tertiary/aromatic N) is 1. The van der Waals surface area contributed by atoms with Crippen LogP contribution >= 0.6 is 0 Å². The lowest BCUT2D eigenvalue weighted by Gasteiger charge is -2.29. The number of hydrogen-bond donors (Lipinski definition) is 3. The molecule has 0 radical (unpaired) electrons. The van der Waals surface area contributed by atoms with Gasteiger partial charge < -0.3 is 26.0 Å². The number of hydrogen-bond acceptors (Lipinski definition) is 6. The lowest BCUT2D eigenvalue weighted by atomic mass is 9.82. The third-order valence-electron chi connectivity index (χ3n) is 7.35. The van der Waals surface area contributed by atoms with Crippen LogP contribution in [0.15, 0.2) is 0 Å². The van der Waals surface area contributed by atoms with Crippen LogP contribution in [-0.4, -0.2) is 65.8 Å². The number of ether oxygens (including phenoxy) is 1. The van der Waals surface area contributed by atoms with Gasteiger partial charge in [-0.05, 0) is 44.4 Å². The largest absolute Gasteiger partial charge is 0.465 e. The van der Waals surface area contributed by atoms with Gasteiger partial charge in [-0.25, -0.2) is 0 Å². The van der Waals surface area contributed by atoms with Gasteiger partial charge in [-0.3, -0.25) is 24.0 Å². The molecule has 210 valence electrons. The smallest absolute Gasteiger partial charge is 0.318 e. The first-order valence-corrected chi connectivity index (χ1v) is 14.0. The fourth-order valence-electron chi connectivity index (χ4n) is 5.41. The first-order chi connectivity index (χ1) is 17.6. The first-order valence-electron chi connectivity index (χ1n) is 14.0. The van der Waals surface area contributed by atoms with Gasteiger partial charge >= 0.3 is 5.97 Å². The van der Waals surface area contributed by atoms with Crippen LogP contribution in [0.25, 0.3) is 0 Å². The molecule has 1 aliphatic heterocycles. The Morgan fingerprint density at radius 3 is 2.30 bits per heavy atom. The second-order valence-corrected chi connectivity index (χ2v) is 10.8. The Labute approximate surface area is 220 Å². The number of carbonyl (C=O) groups is 5. The third kappa shape index (κ3) is 9.00. The summed E-state index contributed by atoms with van der Waals surface area (Å²) in [5.74, 6) is -2.96. The molecular weight excluding hydrogens is 476 g/mol. The molecule has 1 saturated carbocycles. The van der Waals surface area contributed by atoms with E-state index < -0.39 is 47.7 Å². The van der Waals surface area contributed by atoms with Crippen molar-refractivity contribution in [3.63, 3.8) is 0 Å². The fraction of sp³-hybridized carbons (Fsp3) is 0.815. The van der Waals surface area contributed by atoms with Gasteiger partial charge in [-0.2, -0.15) is 0 Å². The van der Waals surface area contributed by atoms with E-state index in [9.17, 15) is 24.0 Å². The van der Waals surface area contributed by atoms with E-state index >= 15 is 0 Å². The number of carbonyl (C=O) groups excluding carboxylic acids is 5. The minimum Gasteiger partial charge on any atom is -0.465 e. The lowest BCUT2D eigenvalue weighted by molar-refractivity contribution is -0.154. The first kappa shape index (κ1) is 30.6. The van der Waals surface area contributed by atoms with Gasteiger partial charge in [0.05, 0.1) is 6.61 Å². The zero-order valence-corrected chi connectivity index (χ0v) is 22.9. The summed E-state index contributed by atoms with van der Waals surface area (Å²) in [4.78, 5) is 65.5. The lowest BCUT2D eigenvalue weighted by Crippen LogP contribution is -2.55. The van der Waals surface area contributed by atoms with E-state index in [-0.39, 0.29) is 24.3 Å². The van der Waals surface area contributed by atoms with Gasteiger partial charge in [-0.1, -0.05) is 59.3 Å².